The van der Waals surface area contributed by atoms with Gasteiger partial charge in [-0.05, 0) is 24.6 Å². The number of Topliss-reactive ketones (excluding diaryl/α,β-unsaturated/α-hetero) is 1. The molecule has 14 heavy (non-hydrogen) atoms. The van der Waals surface area contributed by atoms with Crippen molar-refractivity contribution in [3.05, 3.63) is 35.5 Å². The van der Waals surface area contributed by atoms with Gasteiger partial charge in [-0.25, -0.2) is 0 Å². The second kappa shape index (κ2) is 3.27. The third-order valence-electron chi connectivity index (χ3n) is 2.37. The highest BCUT2D eigenvalue weighted by Gasteiger charge is 2.07. The summed E-state index contributed by atoms with van der Waals surface area (Å²) in [5.41, 5.74) is 8.04. The molecule has 1 aromatic heterocycles. The molecular formula is C11H12N2O. The smallest absolute Gasteiger partial charge is 0.192 e. The first-order valence-electron chi connectivity index (χ1n) is 4.54. The van der Waals surface area contributed by atoms with E-state index in [1.165, 1.54) is 0 Å². The normalized spacial score (nSPS) is 10.7. The lowest BCUT2D eigenvalue weighted by Gasteiger charge is -1.92. The van der Waals surface area contributed by atoms with Crippen molar-refractivity contribution in [2.24, 2.45) is 5.73 Å². The minimum Gasteiger partial charge on any atom is -0.352 e. The van der Waals surface area contributed by atoms with Gasteiger partial charge < -0.3 is 10.7 Å². The van der Waals surface area contributed by atoms with Crippen LogP contribution in [0.1, 0.15) is 16.1 Å². The fourth-order valence-electron chi connectivity index (χ4n) is 1.57. The molecule has 2 aromatic rings. The first-order chi connectivity index (χ1) is 6.72. The van der Waals surface area contributed by atoms with Crippen molar-refractivity contribution in [1.82, 2.24) is 4.98 Å². The number of hydrogen-bond donors (Lipinski definition) is 2. The molecule has 0 saturated carbocycles. The highest BCUT2D eigenvalue weighted by Crippen LogP contribution is 2.19. The van der Waals surface area contributed by atoms with Gasteiger partial charge in [0.2, 0.25) is 0 Å². The number of H-pyrrole nitrogens is 1. The molecule has 3 N–H and O–H groups in total. The van der Waals surface area contributed by atoms with Gasteiger partial charge in [0, 0.05) is 10.9 Å². The predicted molar refractivity (Wildman–Crippen MR) is 56.4 cm³/mol. The van der Waals surface area contributed by atoms with Gasteiger partial charge in [0.25, 0.3) is 0 Å². The Bertz CT molecular complexity index is 485. The van der Waals surface area contributed by atoms with Crippen molar-refractivity contribution in [2.45, 2.75) is 6.92 Å². The van der Waals surface area contributed by atoms with Crippen LogP contribution in [0.25, 0.3) is 10.9 Å². The minimum absolute atomic E-state index is 0.0475. The molecule has 0 amide bonds. The Labute approximate surface area is 81.9 Å². The lowest BCUT2D eigenvalue weighted by molar-refractivity contribution is 0.0997. The van der Waals surface area contributed by atoms with Crippen LogP contribution in [-0.2, 0) is 0 Å². The van der Waals surface area contributed by atoms with E-state index in [1.807, 2.05) is 31.2 Å². The summed E-state index contributed by atoms with van der Waals surface area (Å²) >= 11 is 0. The first kappa shape index (κ1) is 8.97. The molecule has 3 heteroatoms. The topological polar surface area (TPSA) is 58.9 Å². The molecule has 0 fully saturated rings. The van der Waals surface area contributed by atoms with E-state index in [4.69, 9.17) is 5.73 Å². The summed E-state index contributed by atoms with van der Waals surface area (Å²) in [6, 6.07) is 7.80. The van der Waals surface area contributed by atoms with Gasteiger partial charge in [-0.2, -0.15) is 0 Å². The predicted octanol–water partition coefficient (Wildman–Crippen LogP) is 1.62. The maximum atomic E-state index is 11.3. The van der Waals surface area contributed by atoms with E-state index >= 15 is 0 Å². The number of benzene rings is 1. The quantitative estimate of drug-likeness (QED) is 0.703. The van der Waals surface area contributed by atoms with Crippen LogP contribution in [0, 0.1) is 6.92 Å². The number of rotatable bonds is 2. The van der Waals surface area contributed by atoms with Crippen LogP contribution in [-0.4, -0.2) is 17.3 Å². The zero-order valence-corrected chi connectivity index (χ0v) is 8.00. The van der Waals surface area contributed by atoms with Crippen LogP contribution in [0.2, 0.25) is 0 Å². The number of carbonyl (C=O) groups is 1. The Morgan fingerprint density at radius 3 is 2.93 bits per heavy atom. The Morgan fingerprint density at radius 2 is 2.29 bits per heavy atom. The van der Waals surface area contributed by atoms with Gasteiger partial charge in [0.15, 0.2) is 5.78 Å². The number of aromatic amines is 1. The molecule has 1 heterocycles. The first-order valence-corrected chi connectivity index (χ1v) is 4.54. The Kier molecular flexibility index (Phi) is 2.09. The van der Waals surface area contributed by atoms with Gasteiger partial charge in [0.1, 0.15) is 0 Å². The van der Waals surface area contributed by atoms with E-state index in [0.717, 1.165) is 16.5 Å². The Hall–Kier alpha value is -1.61. The second-order valence-corrected chi connectivity index (χ2v) is 3.35. The van der Waals surface area contributed by atoms with Gasteiger partial charge in [0.05, 0.1) is 12.2 Å². The maximum Gasteiger partial charge on any atom is 0.192 e. The van der Waals surface area contributed by atoms with E-state index in [-0.39, 0.29) is 12.3 Å². The highest BCUT2D eigenvalue weighted by molar-refractivity contribution is 6.01. The number of aryl methyl sites for hydroxylation is 1. The standard InChI is InChI=1S/C11H12N2O/c1-7-3-2-4-9-8(7)5-10(13-9)11(14)6-12/h2-5,13H,6,12H2,1H3. The molecule has 0 aliphatic heterocycles. The van der Waals surface area contributed by atoms with Crippen LogP contribution in [0.5, 0.6) is 0 Å². The monoisotopic (exact) mass is 188 g/mol. The number of nitrogens with one attached hydrogen (secondary N) is 1. The number of ketones is 1. The van der Waals surface area contributed by atoms with Gasteiger partial charge >= 0.3 is 0 Å². The second-order valence-electron chi connectivity index (χ2n) is 3.35. The molecular weight excluding hydrogens is 176 g/mol. The van der Waals surface area contributed by atoms with Crippen molar-refractivity contribution in [2.75, 3.05) is 6.54 Å². The molecule has 0 aliphatic carbocycles. The van der Waals surface area contributed by atoms with Gasteiger partial charge in [-0.1, -0.05) is 12.1 Å². The summed E-state index contributed by atoms with van der Waals surface area (Å²) in [5, 5.41) is 1.09. The molecule has 2 rings (SSSR count). The fraction of sp³-hybridized carbons (Fsp3) is 0.182. The molecule has 72 valence electrons. The van der Waals surface area contributed by atoms with Crippen molar-refractivity contribution in [1.29, 1.82) is 0 Å². The zero-order chi connectivity index (χ0) is 10.1. The molecule has 1 aromatic carbocycles. The average molecular weight is 188 g/mol. The van der Waals surface area contributed by atoms with Crippen molar-refractivity contribution in [3.63, 3.8) is 0 Å². The van der Waals surface area contributed by atoms with Crippen LogP contribution in [0.4, 0.5) is 0 Å². The van der Waals surface area contributed by atoms with Gasteiger partial charge in [-0.15, -0.1) is 0 Å². The summed E-state index contributed by atoms with van der Waals surface area (Å²) < 4.78 is 0. The molecule has 3 nitrogen and oxygen atoms in total. The number of hydrogen-bond acceptors (Lipinski definition) is 2. The summed E-state index contributed by atoms with van der Waals surface area (Å²) in [6.45, 7) is 2.07. The van der Waals surface area contributed by atoms with E-state index in [1.54, 1.807) is 0 Å². The molecule has 0 unspecified atom stereocenters. The van der Waals surface area contributed by atoms with E-state index < -0.39 is 0 Å². The summed E-state index contributed by atoms with van der Waals surface area (Å²) in [5.74, 6) is -0.0550. The van der Waals surface area contributed by atoms with Crippen molar-refractivity contribution in [3.8, 4) is 0 Å². The van der Waals surface area contributed by atoms with Crippen LogP contribution < -0.4 is 5.73 Å². The van der Waals surface area contributed by atoms with E-state index in [0.29, 0.717) is 5.69 Å². The van der Waals surface area contributed by atoms with Crippen molar-refractivity contribution < 1.29 is 4.79 Å². The Morgan fingerprint density at radius 1 is 1.50 bits per heavy atom. The zero-order valence-electron chi connectivity index (χ0n) is 8.00. The van der Waals surface area contributed by atoms with E-state index in [9.17, 15) is 4.79 Å². The largest absolute Gasteiger partial charge is 0.352 e. The minimum atomic E-state index is -0.0550. The molecule has 0 saturated heterocycles. The lowest BCUT2D eigenvalue weighted by atomic mass is 10.1. The van der Waals surface area contributed by atoms with Crippen LogP contribution in [0.3, 0.4) is 0 Å². The van der Waals surface area contributed by atoms with Crippen LogP contribution in [0.15, 0.2) is 24.3 Å². The number of aromatic nitrogens is 1. The molecule has 0 radical (unpaired) electrons. The molecule has 0 bridgehead atoms. The Balaban J connectivity index is 2.62. The molecule has 0 aliphatic rings. The summed E-state index contributed by atoms with van der Waals surface area (Å²) in [6.07, 6.45) is 0. The third-order valence-corrected chi connectivity index (χ3v) is 2.37. The lowest BCUT2D eigenvalue weighted by Crippen LogP contribution is -2.13. The third kappa shape index (κ3) is 1.32. The van der Waals surface area contributed by atoms with Gasteiger partial charge in [-0.3, -0.25) is 4.79 Å². The van der Waals surface area contributed by atoms with Crippen molar-refractivity contribution >= 4 is 16.7 Å². The molecule has 0 atom stereocenters. The number of carbonyl (C=O) groups excluding carboxylic acids is 1. The number of nitrogens with two attached hydrogens (primary N) is 1. The molecule has 0 spiro atoms. The average Bonchev–Trinajstić information content (AvgIpc) is 2.62. The summed E-state index contributed by atoms with van der Waals surface area (Å²) in [7, 11) is 0. The summed E-state index contributed by atoms with van der Waals surface area (Å²) in [4.78, 5) is 14.4. The van der Waals surface area contributed by atoms with E-state index in [2.05, 4.69) is 4.98 Å². The fourth-order valence-corrected chi connectivity index (χ4v) is 1.57. The highest BCUT2D eigenvalue weighted by atomic mass is 16.1. The maximum absolute atomic E-state index is 11.3. The SMILES string of the molecule is Cc1cccc2[nH]c(C(=O)CN)cc12. The number of fused-ring (bicyclic) bond motifs is 1. The van der Waals surface area contributed by atoms with Crippen LogP contribution >= 0.6 is 0 Å².